The molecular weight excluding hydrogens is 260 g/mol. The molecule has 1 aliphatic heterocycles. The van der Waals surface area contributed by atoms with Crippen molar-refractivity contribution < 1.29 is 19.4 Å². The Bertz CT molecular complexity index is 316. The van der Waals surface area contributed by atoms with E-state index in [1.807, 2.05) is 6.92 Å². The summed E-state index contributed by atoms with van der Waals surface area (Å²) in [5.41, 5.74) is 0. The van der Waals surface area contributed by atoms with Gasteiger partial charge in [0.25, 0.3) is 0 Å². The summed E-state index contributed by atoms with van der Waals surface area (Å²) in [5, 5.41) is 11.6. The van der Waals surface area contributed by atoms with Gasteiger partial charge in [-0.1, -0.05) is 13.3 Å². The standard InChI is InChI=1S/C14H26N2O4/c1-3-6-11(9-13(17)18)15-14(19)16(2)10-12-7-4-5-8-20-12/h11-12H,3-10H2,1-2H3,(H,15,19)(H,17,18). The maximum atomic E-state index is 12.0. The fraction of sp³-hybridized carbons (Fsp3) is 0.857. The second kappa shape index (κ2) is 8.79. The molecule has 1 heterocycles. The zero-order valence-corrected chi connectivity index (χ0v) is 12.4. The van der Waals surface area contributed by atoms with Crippen LogP contribution in [0.3, 0.4) is 0 Å². The Morgan fingerprint density at radius 3 is 2.75 bits per heavy atom. The summed E-state index contributed by atoms with van der Waals surface area (Å²) in [6.07, 6.45) is 4.78. The topological polar surface area (TPSA) is 78.9 Å². The molecule has 0 saturated carbocycles. The zero-order chi connectivity index (χ0) is 15.0. The number of nitrogens with one attached hydrogen (secondary N) is 1. The van der Waals surface area contributed by atoms with Gasteiger partial charge in [0.1, 0.15) is 0 Å². The lowest BCUT2D eigenvalue weighted by molar-refractivity contribution is -0.137. The molecule has 0 radical (unpaired) electrons. The lowest BCUT2D eigenvalue weighted by atomic mass is 10.1. The van der Waals surface area contributed by atoms with E-state index in [2.05, 4.69) is 5.32 Å². The summed E-state index contributed by atoms with van der Waals surface area (Å²) < 4.78 is 5.60. The van der Waals surface area contributed by atoms with Gasteiger partial charge in [0.05, 0.1) is 12.5 Å². The summed E-state index contributed by atoms with van der Waals surface area (Å²) in [5.74, 6) is -0.887. The van der Waals surface area contributed by atoms with Crippen LogP contribution in [-0.4, -0.2) is 54.4 Å². The highest BCUT2D eigenvalue weighted by Crippen LogP contribution is 2.13. The second-order valence-electron chi connectivity index (χ2n) is 5.40. The number of nitrogens with zero attached hydrogens (tertiary/aromatic N) is 1. The predicted molar refractivity (Wildman–Crippen MR) is 75.7 cm³/mol. The van der Waals surface area contributed by atoms with E-state index < -0.39 is 5.97 Å². The molecule has 1 rings (SSSR count). The van der Waals surface area contributed by atoms with Crippen LogP contribution in [0.25, 0.3) is 0 Å². The van der Waals surface area contributed by atoms with Crippen LogP contribution < -0.4 is 5.32 Å². The minimum absolute atomic E-state index is 0.0344. The van der Waals surface area contributed by atoms with Crippen molar-refractivity contribution in [3.8, 4) is 0 Å². The van der Waals surface area contributed by atoms with Crippen molar-refractivity contribution in [2.24, 2.45) is 0 Å². The molecule has 0 spiro atoms. The fourth-order valence-corrected chi connectivity index (χ4v) is 2.41. The average Bonchev–Trinajstić information content (AvgIpc) is 2.39. The number of carbonyl (C=O) groups excluding carboxylic acids is 1. The van der Waals surface area contributed by atoms with Crippen molar-refractivity contribution >= 4 is 12.0 Å². The van der Waals surface area contributed by atoms with Gasteiger partial charge in [0.2, 0.25) is 0 Å². The lowest BCUT2D eigenvalue weighted by Gasteiger charge is -2.28. The van der Waals surface area contributed by atoms with E-state index in [-0.39, 0.29) is 24.6 Å². The molecule has 2 N–H and O–H groups in total. The first-order chi connectivity index (χ1) is 9.52. The average molecular weight is 286 g/mol. The number of urea groups is 1. The number of rotatable bonds is 7. The number of likely N-dealkylation sites (N-methyl/N-ethyl adjacent to an activating group) is 1. The van der Waals surface area contributed by atoms with Crippen LogP contribution in [0.1, 0.15) is 45.4 Å². The largest absolute Gasteiger partial charge is 0.481 e. The van der Waals surface area contributed by atoms with Gasteiger partial charge in [-0.25, -0.2) is 4.79 Å². The van der Waals surface area contributed by atoms with Crippen LogP contribution in [0.4, 0.5) is 4.79 Å². The smallest absolute Gasteiger partial charge is 0.317 e. The van der Waals surface area contributed by atoms with Crippen LogP contribution in [0.15, 0.2) is 0 Å². The Labute approximate surface area is 120 Å². The first kappa shape index (κ1) is 16.8. The highest BCUT2D eigenvalue weighted by molar-refractivity contribution is 5.75. The molecule has 0 aromatic carbocycles. The minimum Gasteiger partial charge on any atom is -0.481 e. The number of amides is 2. The SMILES string of the molecule is CCCC(CC(=O)O)NC(=O)N(C)CC1CCCCO1. The molecule has 1 fully saturated rings. The number of aliphatic carboxylic acids is 1. The molecule has 6 nitrogen and oxygen atoms in total. The van der Waals surface area contributed by atoms with Gasteiger partial charge in [-0.05, 0) is 25.7 Å². The molecule has 20 heavy (non-hydrogen) atoms. The van der Waals surface area contributed by atoms with E-state index in [0.717, 1.165) is 32.3 Å². The number of carboxylic acid groups (broad SMARTS) is 1. The summed E-state index contributed by atoms with van der Waals surface area (Å²) in [6.45, 7) is 3.29. The van der Waals surface area contributed by atoms with Gasteiger partial charge in [-0.3, -0.25) is 4.79 Å². The van der Waals surface area contributed by atoms with Crippen LogP contribution in [0.5, 0.6) is 0 Å². The van der Waals surface area contributed by atoms with Gasteiger partial charge in [0, 0.05) is 26.2 Å². The van der Waals surface area contributed by atoms with Gasteiger partial charge in [0.15, 0.2) is 0 Å². The molecule has 2 atom stereocenters. The molecule has 1 saturated heterocycles. The highest BCUT2D eigenvalue weighted by atomic mass is 16.5. The van der Waals surface area contributed by atoms with Gasteiger partial charge in [-0.2, -0.15) is 0 Å². The van der Waals surface area contributed by atoms with Gasteiger partial charge < -0.3 is 20.1 Å². The van der Waals surface area contributed by atoms with Crippen molar-refractivity contribution in [2.45, 2.75) is 57.6 Å². The third-order valence-corrected chi connectivity index (χ3v) is 3.48. The minimum atomic E-state index is -0.887. The van der Waals surface area contributed by atoms with Crippen molar-refractivity contribution in [1.29, 1.82) is 0 Å². The molecule has 0 aliphatic carbocycles. The van der Waals surface area contributed by atoms with Crippen molar-refractivity contribution in [3.63, 3.8) is 0 Å². The van der Waals surface area contributed by atoms with E-state index in [9.17, 15) is 9.59 Å². The van der Waals surface area contributed by atoms with E-state index >= 15 is 0 Å². The van der Waals surface area contributed by atoms with E-state index in [0.29, 0.717) is 13.0 Å². The van der Waals surface area contributed by atoms with Crippen molar-refractivity contribution in [2.75, 3.05) is 20.2 Å². The van der Waals surface area contributed by atoms with Gasteiger partial charge >= 0.3 is 12.0 Å². The third kappa shape index (κ3) is 6.23. The van der Waals surface area contributed by atoms with Crippen molar-refractivity contribution in [1.82, 2.24) is 10.2 Å². The molecule has 0 bridgehead atoms. The Morgan fingerprint density at radius 1 is 1.45 bits per heavy atom. The first-order valence-electron chi connectivity index (χ1n) is 7.38. The Morgan fingerprint density at radius 2 is 2.20 bits per heavy atom. The second-order valence-corrected chi connectivity index (χ2v) is 5.40. The number of carboxylic acids is 1. The van der Waals surface area contributed by atoms with Gasteiger partial charge in [-0.15, -0.1) is 0 Å². The summed E-state index contributed by atoms with van der Waals surface area (Å²) in [7, 11) is 1.72. The number of carbonyl (C=O) groups is 2. The first-order valence-corrected chi connectivity index (χ1v) is 7.38. The van der Waals surface area contributed by atoms with Crippen LogP contribution in [0, 0.1) is 0 Å². The summed E-state index contributed by atoms with van der Waals surface area (Å²) >= 11 is 0. The molecule has 0 aromatic heterocycles. The Kier molecular flexibility index (Phi) is 7.36. The maximum Gasteiger partial charge on any atom is 0.317 e. The molecule has 2 unspecified atom stereocenters. The van der Waals surface area contributed by atoms with E-state index in [4.69, 9.17) is 9.84 Å². The summed E-state index contributed by atoms with van der Waals surface area (Å²) in [6, 6.07) is -0.529. The number of ether oxygens (including phenoxy) is 1. The monoisotopic (exact) mass is 286 g/mol. The highest BCUT2D eigenvalue weighted by Gasteiger charge is 2.21. The number of hydrogen-bond acceptors (Lipinski definition) is 3. The Balaban J connectivity index is 2.39. The normalized spacial score (nSPS) is 20.2. The maximum absolute atomic E-state index is 12.0. The predicted octanol–water partition coefficient (Wildman–Crippen LogP) is 1.84. The third-order valence-electron chi connectivity index (χ3n) is 3.48. The molecule has 2 amide bonds. The van der Waals surface area contributed by atoms with Crippen LogP contribution in [0.2, 0.25) is 0 Å². The molecular formula is C14H26N2O4. The molecule has 0 aromatic rings. The zero-order valence-electron chi connectivity index (χ0n) is 12.4. The molecule has 1 aliphatic rings. The van der Waals surface area contributed by atoms with Crippen molar-refractivity contribution in [3.05, 3.63) is 0 Å². The number of hydrogen-bond donors (Lipinski definition) is 2. The molecule has 6 heteroatoms. The summed E-state index contributed by atoms with van der Waals surface area (Å²) in [4.78, 5) is 24.4. The van der Waals surface area contributed by atoms with E-state index in [1.54, 1.807) is 11.9 Å². The van der Waals surface area contributed by atoms with Crippen LogP contribution >= 0.6 is 0 Å². The Hall–Kier alpha value is -1.30. The van der Waals surface area contributed by atoms with E-state index in [1.165, 1.54) is 0 Å². The lowest BCUT2D eigenvalue weighted by Crippen LogP contribution is -2.46. The molecule has 116 valence electrons. The fourth-order valence-electron chi connectivity index (χ4n) is 2.41. The van der Waals surface area contributed by atoms with Crippen LogP contribution in [-0.2, 0) is 9.53 Å². The quantitative estimate of drug-likeness (QED) is 0.748.